The summed E-state index contributed by atoms with van der Waals surface area (Å²) in [7, 11) is 0. The van der Waals surface area contributed by atoms with E-state index in [1.54, 1.807) is 0 Å². The zero-order valence-corrected chi connectivity index (χ0v) is 15.3. The molecule has 1 amide bonds. The second-order valence-electron chi connectivity index (χ2n) is 6.86. The first-order chi connectivity index (χ1) is 12.8. The number of rotatable bonds is 8. The molecule has 0 spiro atoms. The Morgan fingerprint density at radius 2 is 1.62 bits per heavy atom. The van der Waals surface area contributed by atoms with Crippen molar-refractivity contribution in [3.63, 3.8) is 0 Å². The molecule has 1 N–H and O–H groups in total. The van der Waals surface area contributed by atoms with Crippen LogP contribution in [0.4, 0.5) is 0 Å². The third kappa shape index (κ3) is 5.97. The lowest BCUT2D eigenvalue weighted by Crippen LogP contribution is -2.31. The minimum atomic E-state index is -0.0753. The molecular formula is C22H28N2O2. The predicted molar refractivity (Wildman–Crippen MR) is 104 cm³/mol. The Kier molecular flexibility index (Phi) is 7.23. The lowest BCUT2D eigenvalue weighted by Gasteiger charge is -2.27. The van der Waals surface area contributed by atoms with Crippen LogP contribution in [0.1, 0.15) is 36.0 Å². The van der Waals surface area contributed by atoms with E-state index in [1.165, 1.54) is 43.5 Å². The Balaban J connectivity index is 1.44. The summed E-state index contributed by atoms with van der Waals surface area (Å²) >= 11 is 0. The summed E-state index contributed by atoms with van der Waals surface area (Å²) in [4.78, 5) is 14.6. The number of carbonyl (C=O) groups excluding carboxylic acids is 1. The number of benzene rings is 2. The molecule has 3 rings (SSSR count). The molecule has 0 aliphatic carbocycles. The number of carbonyl (C=O) groups is 1. The number of ether oxygens (including phenoxy) is 1. The molecule has 1 aliphatic heterocycles. The molecule has 0 radical (unpaired) electrons. The maximum absolute atomic E-state index is 12.1. The Bertz CT molecular complexity index is 682. The van der Waals surface area contributed by atoms with E-state index in [2.05, 4.69) is 28.4 Å². The average molecular weight is 352 g/mol. The quantitative estimate of drug-likeness (QED) is 0.790. The first-order valence-corrected chi connectivity index (χ1v) is 9.49. The van der Waals surface area contributed by atoms with Gasteiger partial charge in [0.1, 0.15) is 6.61 Å². The van der Waals surface area contributed by atoms with Crippen molar-refractivity contribution >= 4 is 5.91 Å². The highest BCUT2D eigenvalue weighted by atomic mass is 16.5. The van der Waals surface area contributed by atoms with E-state index in [-0.39, 0.29) is 12.5 Å². The summed E-state index contributed by atoms with van der Waals surface area (Å²) in [6.07, 6.45) is 3.92. The van der Waals surface area contributed by atoms with Crippen LogP contribution in [0.5, 0.6) is 0 Å². The van der Waals surface area contributed by atoms with E-state index >= 15 is 0 Å². The molecule has 2 aromatic rings. The van der Waals surface area contributed by atoms with Crippen LogP contribution >= 0.6 is 0 Å². The molecule has 4 nitrogen and oxygen atoms in total. The Morgan fingerprint density at radius 3 is 2.38 bits per heavy atom. The second-order valence-corrected chi connectivity index (χ2v) is 6.86. The molecule has 0 aromatic heterocycles. The highest BCUT2D eigenvalue weighted by Gasteiger charge is 2.12. The fourth-order valence-electron chi connectivity index (χ4n) is 3.32. The van der Waals surface area contributed by atoms with Gasteiger partial charge in [-0.05, 0) is 42.6 Å². The second kappa shape index (κ2) is 10.1. The number of nitrogens with zero attached hydrogens (tertiary/aromatic N) is 1. The van der Waals surface area contributed by atoms with E-state index in [4.69, 9.17) is 4.74 Å². The van der Waals surface area contributed by atoms with Crippen LogP contribution in [0.3, 0.4) is 0 Å². The normalized spacial score (nSPS) is 14.9. The monoisotopic (exact) mass is 352 g/mol. The molecule has 4 heteroatoms. The van der Waals surface area contributed by atoms with Gasteiger partial charge in [-0.2, -0.15) is 0 Å². The SMILES string of the molecule is O=C(COCc1ccccc1)NCc1ccccc1CN1CCCCC1. The van der Waals surface area contributed by atoms with Crippen molar-refractivity contribution in [1.29, 1.82) is 0 Å². The number of piperidine rings is 1. The van der Waals surface area contributed by atoms with Gasteiger partial charge < -0.3 is 10.1 Å². The van der Waals surface area contributed by atoms with Crippen LogP contribution in [0.15, 0.2) is 54.6 Å². The van der Waals surface area contributed by atoms with Crippen molar-refractivity contribution in [2.75, 3.05) is 19.7 Å². The molecule has 0 unspecified atom stereocenters. The molecular weight excluding hydrogens is 324 g/mol. The Labute approximate surface area is 156 Å². The molecule has 0 atom stereocenters. The van der Waals surface area contributed by atoms with Crippen LogP contribution in [0, 0.1) is 0 Å². The van der Waals surface area contributed by atoms with Crippen LogP contribution in [-0.2, 0) is 29.2 Å². The van der Waals surface area contributed by atoms with Crippen molar-refractivity contribution < 1.29 is 9.53 Å². The van der Waals surface area contributed by atoms with Gasteiger partial charge >= 0.3 is 0 Å². The van der Waals surface area contributed by atoms with Gasteiger partial charge in [0.15, 0.2) is 0 Å². The van der Waals surface area contributed by atoms with E-state index in [9.17, 15) is 4.79 Å². The van der Waals surface area contributed by atoms with Gasteiger partial charge in [0.05, 0.1) is 6.61 Å². The minimum Gasteiger partial charge on any atom is -0.367 e. The standard InChI is InChI=1S/C22H28N2O2/c25-22(18-26-17-19-9-3-1-4-10-19)23-15-20-11-5-6-12-21(20)16-24-13-7-2-8-14-24/h1,3-6,9-12H,2,7-8,13-18H2,(H,23,25). The van der Waals surface area contributed by atoms with Crippen molar-refractivity contribution in [1.82, 2.24) is 10.2 Å². The lowest BCUT2D eigenvalue weighted by atomic mass is 10.0. The predicted octanol–water partition coefficient (Wildman–Crippen LogP) is 3.51. The molecule has 2 aromatic carbocycles. The largest absolute Gasteiger partial charge is 0.367 e. The molecule has 1 heterocycles. The Hall–Kier alpha value is -2.17. The lowest BCUT2D eigenvalue weighted by molar-refractivity contribution is -0.126. The minimum absolute atomic E-state index is 0.0753. The first kappa shape index (κ1) is 18.6. The van der Waals surface area contributed by atoms with Crippen molar-refractivity contribution in [2.24, 2.45) is 0 Å². The topological polar surface area (TPSA) is 41.6 Å². The fraction of sp³-hybridized carbons (Fsp3) is 0.409. The molecule has 0 bridgehead atoms. The van der Waals surface area contributed by atoms with Crippen LogP contribution < -0.4 is 5.32 Å². The first-order valence-electron chi connectivity index (χ1n) is 9.49. The van der Waals surface area contributed by atoms with Crippen LogP contribution in [0.25, 0.3) is 0 Å². The number of likely N-dealkylation sites (tertiary alicyclic amines) is 1. The number of hydrogen-bond acceptors (Lipinski definition) is 3. The van der Waals surface area contributed by atoms with Crippen molar-refractivity contribution in [3.05, 3.63) is 71.3 Å². The van der Waals surface area contributed by atoms with Crippen LogP contribution in [0.2, 0.25) is 0 Å². The fourth-order valence-corrected chi connectivity index (χ4v) is 3.32. The van der Waals surface area contributed by atoms with Crippen molar-refractivity contribution in [3.8, 4) is 0 Å². The zero-order chi connectivity index (χ0) is 18.0. The van der Waals surface area contributed by atoms with E-state index < -0.39 is 0 Å². The maximum atomic E-state index is 12.1. The van der Waals surface area contributed by atoms with Gasteiger partial charge in [0.25, 0.3) is 0 Å². The third-order valence-corrected chi connectivity index (χ3v) is 4.78. The van der Waals surface area contributed by atoms with Gasteiger partial charge in [0, 0.05) is 13.1 Å². The smallest absolute Gasteiger partial charge is 0.246 e. The third-order valence-electron chi connectivity index (χ3n) is 4.78. The maximum Gasteiger partial charge on any atom is 0.246 e. The van der Waals surface area contributed by atoms with Gasteiger partial charge in [0.2, 0.25) is 5.91 Å². The summed E-state index contributed by atoms with van der Waals surface area (Å²) in [6, 6.07) is 18.3. The molecule has 1 aliphatic rings. The summed E-state index contributed by atoms with van der Waals surface area (Å²) in [5.41, 5.74) is 3.57. The molecule has 0 saturated carbocycles. The number of amides is 1. The summed E-state index contributed by atoms with van der Waals surface area (Å²) in [5, 5.41) is 2.98. The van der Waals surface area contributed by atoms with Gasteiger partial charge in [-0.25, -0.2) is 0 Å². The highest BCUT2D eigenvalue weighted by Crippen LogP contribution is 2.16. The summed E-state index contributed by atoms with van der Waals surface area (Å²) in [5.74, 6) is -0.0753. The number of hydrogen-bond donors (Lipinski definition) is 1. The van der Waals surface area contributed by atoms with E-state index in [0.717, 1.165) is 12.1 Å². The van der Waals surface area contributed by atoms with Gasteiger partial charge in [-0.15, -0.1) is 0 Å². The average Bonchev–Trinajstić information content (AvgIpc) is 2.69. The summed E-state index contributed by atoms with van der Waals surface area (Å²) in [6.45, 7) is 4.42. The zero-order valence-electron chi connectivity index (χ0n) is 15.3. The molecule has 1 fully saturated rings. The number of nitrogens with one attached hydrogen (secondary N) is 1. The van der Waals surface area contributed by atoms with E-state index in [0.29, 0.717) is 13.2 Å². The van der Waals surface area contributed by atoms with Crippen LogP contribution in [-0.4, -0.2) is 30.5 Å². The Morgan fingerprint density at radius 1 is 0.923 bits per heavy atom. The highest BCUT2D eigenvalue weighted by molar-refractivity contribution is 5.77. The van der Waals surface area contributed by atoms with Gasteiger partial charge in [-0.1, -0.05) is 61.0 Å². The molecule has 1 saturated heterocycles. The molecule has 26 heavy (non-hydrogen) atoms. The van der Waals surface area contributed by atoms with Gasteiger partial charge in [-0.3, -0.25) is 9.69 Å². The van der Waals surface area contributed by atoms with Crippen molar-refractivity contribution in [2.45, 2.75) is 39.0 Å². The van der Waals surface area contributed by atoms with E-state index in [1.807, 2.05) is 36.4 Å². The molecule has 138 valence electrons. The summed E-state index contributed by atoms with van der Waals surface area (Å²) < 4.78 is 5.50.